The summed E-state index contributed by atoms with van der Waals surface area (Å²) in [4.78, 5) is 0.576. The molecule has 0 bridgehead atoms. The van der Waals surface area contributed by atoms with Crippen LogP contribution in [-0.2, 0) is 0 Å². The number of halogens is 5. The molecule has 0 fully saturated rings. The van der Waals surface area contributed by atoms with Gasteiger partial charge in [0.1, 0.15) is 4.34 Å². The Morgan fingerprint density at radius 1 is 1.60 bits per heavy atom. The summed E-state index contributed by atoms with van der Waals surface area (Å²) in [5.41, 5.74) is 0. The van der Waals surface area contributed by atoms with Crippen LogP contribution in [0.3, 0.4) is 0 Å². The van der Waals surface area contributed by atoms with E-state index in [-0.39, 0.29) is 0 Å². The number of thiophene rings is 1. The molecule has 0 aliphatic heterocycles. The van der Waals surface area contributed by atoms with Crippen LogP contribution >= 0.6 is 38.9 Å². The molecule has 1 aromatic rings. The van der Waals surface area contributed by atoms with Crippen LogP contribution in [0.1, 0.15) is 17.3 Å². The van der Waals surface area contributed by atoms with Gasteiger partial charge >= 0.3 is 6.18 Å². The zero-order valence-electron chi connectivity index (χ0n) is 7.66. The summed E-state index contributed by atoms with van der Waals surface area (Å²) in [5, 5.41) is 2.63. The second-order valence-corrected chi connectivity index (χ2v) is 5.47. The minimum absolute atomic E-state index is 0.465. The van der Waals surface area contributed by atoms with Gasteiger partial charge in [-0.2, -0.15) is 13.2 Å². The predicted molar refractivity (Wildman–Crippen MR) is 59.5 cm³/mol. The molecule has 1 N–H and O–H groups in total. The van der Waals surface area contributed by atoms with Gasteiger partial charge in [-0.25, -0.2) is 0 Å². The smallest absolute Gasteiger partial charge is 0.312 e. The van der Waals surface area contributed by atoms with Crippen molar-refractivity contribution in [1.29, 1.82) is 0 Å². The zero-order valence-corrected chi connectivity index (χ0v) is 10.8. The maximum Gasteiger partial charge on any atom is 0.390 e. The first kappa shape index (κ1) is 13.3. The minimum atomic E-state index is -4.18. The summed E-state index contributed by atoms with van der Waals surface area (Å²) < 4.78 is 37.7. The van der Waals surface area contributed by atoms with E-state index in [0.29, 0.717) is 13.7 Å². The van der Waals surface area contributed by atoms with Crippen LogP contribution in [0.5, 0.6) is 0 Å². The van der Waals surface area contributed by atoms with Gasteiger partial charge in [0.15, 0.2) is 0 Å². The molecule has 1 unspecified atom stereocenters. The molecule has 1 rings (SSSR count). The Bertz CT molecular complexity index is 320. The highest BCUT2D eigenvalue weighted by Crippen LogP contribution is 2.38. The lowest BCUT2D eigenvalue weighted by Crippen LogP contribution is -2.22. The third kappa shape index (κ3) is 3.94. The molecule has 7 heteroatoms. The van der Waals surface area contributed by atoms with Crippen molar-refractivity contribution in [2.24, 2.45) is 0 Å². The Hall–Kier alpha value is 0.220. The Labute approximate surface area is 103 Å². The van der Waals surface area contributed by atoms with E-state index in [0.717, 1.165) is 11.3 Å². The van der Waals surface area contributed by atoms with Crippen LogP contribution in [0.2, 0.25) is 4.34 Å². The average Bonchev–Trinajstić information content (AvgIpc) is 2.41. The molecule has 0 spiro atoms. The molecule has 0 radical (unpaired) electrons. The molecule has 15 heavy (non-hydrogen) atoms. The fourth-order valence-electron chi connectivity index (χ4n) is 1.11. The Morgan fingerprint density at radius 3 is 2.53 bits per heavy atom. The van der Waals surface area contributed by atoms with Gasteiger partial charge in [0.05, 0.1) is 6.42 Å². The summed E-state index contributed by atoms with van der Waals surface area (Å²) in [6.45, 7) is 0. The molecule has 0 saturated carbocycles. The predicted octanol–water partition coefficient (Wildman–Crippen LogP) is 4.38. The van der Waals surface area contributed by atoms with Crippen LogP contribution in [-0.4, -0.2) is 13.2 Å². The monoisotopic (exact) mass is 321 g/mol. The summed E-state index contributed by atoms with van der Waals surface area (Å²) in [6, 6.07) is 0.874. The van der Waals surface area contributed by atoms with E-state index < -0.39 is 18.6 Å². The SMILES string of the molecule is CNC(CC(F)(F)F)c1cc(Br)c(Cl)s1. The normalized spacial score (nSPS) is 14.3. The number of rotatable bonds is 3. The van der Waals surface area contributed by atoms with Gasteiger partial charge in [-0.1, -0.05) is 11.6 Å². The second kappa shape index (κ2) is 5.03. The lowest BCUT2D eigenvalue weighted by molar-refractivity contribution is -0.140. The van der Waals surface area contributed by atoms with Gasteiger partial charge in [-0.15, -0.1) is 11.3 Å². The van der Waals surface area contributed by atoms with Crippen LogP contribution in [0, 0.1) is 0 Å². The molecule has 0 saturated heterocycles. The highest BCUT2D eigenvalue weighted by atomic mass is 79.9. The molecule has 0 amide bonds. The van der Waals surface area contributed by atoms with E-state index >= 15 is 0 Å². The Kier molecular flexibility index (Phi) is 4.46. The van der Waals surface area contributed by atoms with Crippen LogP contribution < -0.4 is 5.32 Å². The van der Waals surface area contributed by atoms with E-state index in [1.165, 1.54) is 7.05 Å². The summed E-state index contributed by atoms with van der Waals surface area (Å²) in [7, 11) is 1.50. The molecule has 1 atom stereocenters. The van der Waals surface area contributed by atoms with E-state index in [1.807, 2.05) is 0 Å². The first-order valence-electron chi connectivity index (χ1n) is 4.02. The number of nitrogens with one attached hydrogen (secondary N) is 1. The summed E-state index contributed by atoms with van der Waals surface area (Å²) in [5.74, 6) is 0. The standard InChI is InChI=1S/C8H8BrClF3NS/c1-14-5(3-8(11,12)13)6-2-4(9)7(10)15-6/h2,5,14H,3H2,1H3. The maximum absolute atomic E-state index is 12.2. The second-order valence-electron chi connectivity index (χ2n) is 2.93. The number of alkyl halides is 3. The van der Waals surface area contributed by atoms with Gasteiger partial charge < -0.3 is 5.32 Å². The third-order valence-corrected chi connectivity index (χ3v) is 4.38. The Balaban J connectivity index is 2.83. The van der Waals surface area contributed by atoms with Crippen LogP contribution in [0.25, 0.3) is 0 Å². The summed E-state index contributed by atoms with van der Waals surface area (Å²) >= 11 is 10.1. The van der Waals surface area contributed by atoms with Crippen molar-refractivity contribution >= 4 is 38.9 Å². The van der Waals surface area contributed by atoms with Crippen molar-refractivity contribution in [1.82, 2.24) is 5.32 Å². The largest absolute Gasteiger partial charge is 0.390 e. The van der Waals surface area contributed by atoms with Crippen molar-refractivity contribution < 1.29 is 13.2 Å². The van der Waals surface area contributed by atoms with Crippen molar-refractivity contribution in [3.05, 3.63) is 19.8 Å². The van der Waals surface area contributed by atoms with Gasteiger partial charge in [0.2, 0.25) is 0 Å². The maximum atomic E-state index is 12.2. The van der Waals surface area contributed by atoms with Gasteiger partial charge in [0.25, 0.3) is 0 Å². The topological polar surface area (TPSA) is 12.0 Å². The first-order chi connectivity index (χ1) is 6.83. The van der Waals surface area contributed by atoms with Crippen molar-refractivity contribution in [3.8, 4) is 0 Å². The molecular formula is C8H8BrClF3NS. The molecule has 0 aromatic carbocycles. The lowest BCUT2D eigenvalue weighted by atomic mass is 10.1. The van der Waals surface area contributed by atoms with Crippen LogP contribution in [0.4, 0.5) is 13.2 Å². The quantitative estimate of drug-likeness (QED) is 0.871. The summed E-state index contributed by atoms with van der Waals surface area (Å²) in [6.07, 6.45) is -5.08. The van der Waals surface area contributed by atoms with Gasteiger partial charge in [-0.05, 0) is 29.0 Å². The zero-order chi connectivity index (χ0) is 11.6. The van der Waals surface area contributed by atoms with Crippen molar-refractivity contribution in [2.45, 2.75) is 18.6 Å². The van der Waals surface area contributed by atoms with E-state index in [2.05, 4.69) is 21.2 Å². The van der Waals surface area contributed by atoms with E-state index in [1.54, 1.807) is 6.07 Å². The minimum Gasteiger partial charge on any atom is -0.312 e. The highest BCUT2D eigenvalue weighted by molar-refractivity contribution is 9.10. The highest BCUT2D eigenvalue weighted by Gasteiger charge is 2.32. The lowest BCUT2D eigenvalue weighted by Gasteiger charge is -2.16. The third-order valence-electron chi connectivity index (χ3n) is 1.79. The average molecular weight is 323 g/mol. The fourth-order valence-corrected chi connectivity index (χ4v) is 2.96. The van der Waals surface area contributed by atoms with Gasteiger partial charge in [0, 0.05) is 15.4 Å². The fraction of sp³-hybridized carbons (Fsp3) is 0.500. The molecular weight excluding hydrogens is 315 g/mol. The van der Waals surface area contributed by atoms with Crippen LogP contribution in [0.15, 0.2) is 10.5 Å². The number of hydrogen-bond donors (Lipinski definition) is 1. The molecule has 1 aromatic heterocycles. The van der Waals surface area contributed by atoms with Crippen molar-refractivity contribution in [2.75, 3.05) is 7.05 Å². The van der Waals surface area contributed by atoms with Gasteiger partial charge in [-0.3, -0.25) is 0 Å². The molecule has 0 aliphatic rings. The van der Waals surface area contributed by atoms with E-state index in [9.17, 15) is 13.2 Å². The molecule has 1 nitrogen and oxygen atoms in total. The molecule has 86 valence electrons. The molecule has 1 heterocycles. The number of hydrogen-bond acceptors (Lipinski definition) is 2. The van der Waals surface area contributed by atoms with E-state index in [4.69, 9.17) is 11.6 Å². The van der Waals surface area contributed by atoms with Crippen molar-refractivity contribution in [3.63, 3.8) is 0 Å². The Morgan fingerprint density at radius 2 is 2.20 bits per heavy atom. The first-order valence-corrected chi connectivity index (χ1v) is 6.01. The molecule has 0 aliphatic carbocycles.